The number of hydrogen-bond donors (Lipinski definition) is 0. The van der Waals surface area contributed by atoms with E-state index in [-0.39, 0.29) is 23.7 Å². The Morgan fingerprint density at radius 2 is 1.81 bits per heavy atom. The Bertz CT molecular complexity index is 600. The fraction of sp³-hybridized carbons (Fsp3) is 0.375. The Labute approximate surface area is 131 Å². The number of rotatable bonds is 3. The zero-order chi connectivity index (χ0) is 15.0. The lowest BCUT2D eigenvalue weighted by Crippen LogP contribution is -2.30. The van der Waals surface area contributed by atoms with Crippen LogP contribution in [0.3, 0.4) is 0 Å². The number of imide groups is 1. The molecule has 21 heavy (non-hydrogen) atoms. The molecule has 0 N–H and O–H groups in total. The maximum atomic E-state index is 12.4. The van der Waals surface area contributed by atoms with Gasteiger partial charge in [-0.05, 0) is 46.5 Å². The maximum Gasteiger partial charge on any atom is 0.233 e. The molecular formula is C16H16BrNO3. The molecule has 1 aromatic rings. The van der Waals surface area contributed by atoms with Gasteiger partial charge in [0, 0.05) is 0 Å². The van der Waals surface area contributed by atoms with Crippen molar-refractivity contribution in [3.63, 3.8) is 0 Å². The summed E-state index contributed by atoms with van der Waals surface area (Å²) < 4.78 is 6.01. The third-order valence-electron chi connectivity index (χ3n) is 4.16. The summed E-state index contributed by atoms with van der Waals surface area (Å²) in [6.45, 7) is 0.327. The molecule has 1 aliphatic carbocycles. The van der Waals surface area contributed by atoms with Gasteiger partial charge in [-0.15, -0.1) is 0 Å². The largest absolute Gasteiger partial charge is 0.496 e. The summed E-state index contributed by atoms with van der Waals surface area (Å²) in [5.41, 5.74) is 0.913. The smallest absolute Gasteiger partial charge is 0.233 e. The highest BCUT2D eigenvalue weighted by Crippen LogP contribution is 2.36. The van der Waals surface area contributed by atoms with Gasteiger partial charge in [-0.25, -0.2) is 0 Å². The van der Waals surface area contributed by atoms with Gasteiger partial charge in [0.25, 0.3) is 0 Å². The first-order valence-electron chi connectivity index (χ1n) is 6.94. The highest BCUT2D eigenvalue weighted by atomic mass is 79.9. The van der Waals surface area contributed by atoms with Gasteiger partial charge in [-0.1, -0.05) is 18.2 Å². The highest BCUT2D eigenvalue weighted by Gasteiger charge is 2.46. The van der Waals surface area contributed by atoms with Gasteiger partial charge in [-0.2, -0.15) is 0 Å². The van der Waals surface area contributed by atoms with Crippen LogP contribution in [0.5, 0.6) is 5.75 Å². The minimum Gasteiger partial charge on any atom is -0.496 e. The van der Waals surface area contributed by atoms with Crippen LogP contribution in [-0.4, -0.2) is 23.8 Å². The molecule has 0 unspecified atom stereocenters. The lowest BCUT2D eigenvalue weighted by molar-refractivity contribution is -0.140. The van der Waals surface area contributed by atoms with Gasteiger partial charge in [0.1, 0.15) is 5.75 Å². The van der Waals surface area contributed by atoms with E-state index in [1.165, 1.54) is 4.90 Å². The van der Waals surface area contributed by atoms with E-state index in [9.17, 15) is 9.59 Å². The lowest BCUT2D eigenvalue weighted by atomic mass is 9.85. The van der Waals surface area contributed by atoms with E-state index in [0.717, 1.165) is 15.8 Å². The van der Waals surface area contributed by atoms with Crippen molar-refractivity contribution in [3.8, 4) is 5.75 Å². The Hall–Kier alpha value is -1.62. The van der Waals surface area contributed by atoms with Crippen LogP contribution in [-0.2, 0) is 16.1 Å². The summed E-state index contributed by atoms with van der Waals surface area (Å²) in [5, 5.41) is 0. The predicted molar refractivity (Wildman–Crippen MR) is 81.6 cm³/mol. The molecule has 2 aliphatic rings. The van der Waals surface area contributed by atoms with Crippen LogP contribution in [0.4, 0.5) is 0 Å². The zero-order valence-electron chi connectivity index (χ0n) is 11.7. The number of likely N-dealkylation sites (tertiary alicyclic amines) is 1. The minimum atomic E-state index is -0.163. The molecule has 0 saturated carbocycles. The molecule has 2 atom stereocenters. The fourth-order valence-electron chi connectivity index (χ4n) is 3.02. The summed E-state index contributed by atoms with van der Waals surface area (Å²) in [6, 6.07) is 5.60. The normalized spacial score (nSPS) is 24.4. The Balaban J connectivity index is 1.80. The SMILES string of the molecule is COc1ccc(CN2C(=O)[C@H]3CC=CC[C@@H]3C2=O)cc1Br. The molecule has 110 valence electrons. The first-order chi connectivity index (χ1) is 10.1. The zero-order valence-corrected chi connectivity index (χ0v) is 13.3. The molecule has 4 nitrogen and oxygen atoms in total. The van der Waals surface area contributed by atoms with Gasteiger partial charge in [-0.3, -0.25) is 14.5 Å². The molecule has 0 spiro atoms. The molecule has 1 fully saturated rings. The molecule has 2 amide bonds. The number of fused-ring (bicyclic) bond motifs is 1. The lowest BCUT2D eigenvalue weighted by Gasteiger charge is -2.15. The molecule has 1 aliphatic heterocycles. The minimum absolute atomic E-state index is 0.0405. The summed E-state index contributed by atoms with van der Waals surface area (Å²) in [5.74, 6) is 0.326. The van der Waals surface area contributed by atoms with Gasteiger partial charge < -0.3 is 4.74 Å². The van der Waals surface area contributed by atoms with E-state index in [1.807, 2.05) is 30.4 Å². The van der Waals surface area contributed by atoms with Crippen molar-refractivity contribution in [3.05, 3.63) is 40.4 Å². The van der Waals surface area contributed by atoms with Gasteiger partial charge in [0.15, 0.2) is 0 Å². The van der Waals surface area contributed by atoms with Crippen LogP contribution in [0.15, 0.2) is 34.8 Å². The van der Waals surface area contributed by atoms with Crippen molar-refractivity contribution in [1.29, 1.82) is 0 Å². The molecular weight excluding hydrogens is 334 g/mol. The van der Waals surface area contributed by atoms with Crippen LogP contribution in [0, 0.1) is 11.8 Å². The number of allylic oxidation sites excluding steroid dienone is 2. The Kier molecular flexibility index (Phi) is 3.85. The number of methoxy groups -OCH3 is 1. The molecule has 1 heterocycles. The molecule has 1 saturated heterocycles. The summed E-state index contributed by atoms with van der Waals surface area (Å²) in [4.78, 5) is 26.2. The van der Waals surface area contributed by atoms with Gasteiger partial charge in [0.2, 0.25) is 11.8 Å². The van der Waals surface area contributed by atoms with E-state index >= 15 is 0 Å². The van der Waals surface area contributed by atoms with Crippen LogP contribution >= 0.6 is 15.9 Å². The molecule has 0 aromatic heterocycles. The van der Waals surface area contributed by atoms with Crippen LogP contribution in [0.25, 0.3) is 0 Å². The number of hydrogen-bond acceptors (Lipinski definition) is 3. The second-order valence-corrected chi connectivity index (χ2v) is 6.24. The highest BCUT2D eigenvalue weighted by molar-refractivity contribution is 9.10. The third kappa shape index (κ3) is 2.50. The number of ether oxygens (including phenoxy) is 1. The van der Waals surface area contributed by atoms with E-state index in [4.69, 9.17) is 4.74 Å². The van der Waals surface area contributed by atoms with E-state index in [2.05, 4.69) is 15.9 Å². The van der Waals surface area contributed by atoms with E-state index in [0.29, 0.717) is 19.4 Å². The van der Waals surface area contributed by atoms with Gasteiger partial charge in [0.05, 0.1) is 30.0 Å². The Morgan fingerprint density at radius 3 is 2.33 bits per heavy atom. The van der Waals surface area contributed by atoms with Gasteiger partial charge >= 0.3 is 0 Å². The van der Waals surface area contributed by atoms with E-state index < -0.39 is 0 Å². The number of benzene rings is 1. The summed E-state index contributed by atoms with van der Waals surface area (Å²) in [6.07, 6.45) is 5.36. The predicted octanol–water partition coefficient (Wildman–Crippen LogP) is 2.91. The molecule has 5 heteroatoms. The molecule has 1 aromatic carbocycles. The number of amides is 2. The average molecular weight is 350 g/mol. The monoisotopic (exact) mass is 349 g/mol. The molecule has 3 rings (SSSR count). The van der Waals surface area contributed by atoms with Crippen LogP contribution in [0.1, 0.15) is 18.4 Å². The molecule has 0 radical (unpaired) electrons. The number of carbonyl (C=O) groups excluding carboxylic acids is 2. The van der Waals surface area contributed by atoms with Crippen molar-refractivity contribution in [1.82, 2.24) is 4.90 Å². The number of carbonyl (C=O) groups is 2. The van der Waals surface area contributed by atoms with E-state index in [1.54, 1.807) is 7.11 Å². The van der Waals surface area contributed by atoms with Crippen molar-refractivity contribution in [2.24, 2.45) is 11.8 Å². The number of halogens is 1. The van der Waals surface area contributed by atoms with Crippen LogP contribution < -0.4 is 4.74 Å². The summed E-state index contributed by atoms with van der Waals surface area (Å²) >= 11 is 3.42. The standard InChI is InChI=1S/C16H16BrNO3/c1-21-14-7-6-10(8-13(14)17)9-18-15(19)11-4-2-3-5-12(11)16(18)20/h2-3,6-8,11-12H,4-5,9H2,1H3/t11-,12-/m0/s1. The second kappa shape index (κ2) is 5.64. The quantitative estimate of drug-likeness (QED) is 0.622. The fourth-order valence-corrected chi connectivity index (χ4v) is 3.60. The van der Waals surface area contributed by atoms with Crippen molar-refractivity contribution in [2.45, 2.75) is 19.4 Å². The summed E-state index contributed by atoms with van der Waals surface area (Å²) in [7, 11) is 1.60. The van der Waals surface area contributed by atoms with Crippen molar-refractivity contribution in [2.75, 3.05) is 7.11 Å². The topological polar surface area (TPSA) is 46.6 Å². The van der Waals surface area contributed by atoms with Crippen molar-refractivity contribution >= 4 is 27.7 Å². The first-order valence-corrected chi connectivity index (χ1v) is 7.73. The Morgan fingerprint density at radius 1 is 1.19 bits per heavy atom. The maximum absolute atomic E-state index is 12.4. The second-order valence-electron chi connectivity index (χ2n) is 5.39. The molecule has 0 bridgehead atoms. The average Bonchev–Trinajstić information content (AvgIpc) is 2.73. The van der Waals surface area contributed by atoms with Crippen molar-refractivity contribution < 1.29 is 14.3 Å². The van der Waals surface area contributed by atoms with Crippen LogP contribution in [0.2, 0.25) is 0 Å². The first kappa shape index (κ1) is 14.3. The number of nitrogens with zero attached hydrogens (tertiary/aromatic N) is 1. The third-order valence-corrected chi connectivity index (χ3v) is 4.78.